The normalized spacial score (nSPS) is 15.1. The molecule has 2 rings (SSSR count). The van der Waals surface area contributed by atoms with Crippen molar-refractivity contribution in [2.45, 2.75) is 56.5 Å². The van der Waals surface area contributed by atoms with Crippen LogP contribution in [0.15, 0.2) is 25.0 Å². The Morgan fingerprint density at radius 2 is 1.42 bits per heavy atom. The molecule has 2 aromatic rings. The zero-order valence-corrected chi connectivity index (χ0v) is 19.2. The van der Waals surface area contributed by atoms with Gasteiger partial charge in [0.1, 0.15) is 12.1 Å². The van der Waals surface area contributed by atoms with Crippen LogP contribution in [0.2, 0.25) is 0 Å². The number of nitrogens with one attached hydrogen (secondary N) is 5. The second-order valence-corrected chi connectivity index (χ2v) is 7.95. The summed E-state index contributed by atoms with van der Waals surface area (Å²) in [5, 5.41) is 34.8. The molecule has 2 aromatic heterocycles. The molecule has 0 aliphatic rings. The number of nitrogens with zero attached hydrogens (tertiary/aromatic N) is 2. The van der Waals surface area contributed by atoms with Crippen molar-refractivity contribution in [2.75, 3.05) is 0 Å². The maximum atomic E-state index is 12.9. The van der Waals surface area contributed by atoms with Gasteiger partial charge in [-0.1, -0.05) is 0 Å². The van der Waals surface area contributed by atoms with E-state index in [0.717, 1.165) is 6.92 Å². The van der Waals surface area contributed by atoms with Crippen molar-refractivity contribution in [3.05, 3.63) is 36.4 Å². The fourth-order valence-corrected chi connectivity index (χ4v) is 3.13. The second kappa shape index (κ2) is 13.0. The number of aliphatic hydroxyl groups is 1. The average Bonchev–Trinajstić information content (AvgIpc) is 3.49. The van der Waals surface area contributed by atoms with E-state index in [1.165, 1.54) is 25.0 Å². The number of carboxylic acid groups (broad SMARTS) is 2. The molecule has 5 atom stereocenters. The number of amides is 3. The third-order valence-electron chi connectivity index (χ3n) is 5.00. The third-order valence-corrected chi connectivity index (χ3v) is 5.00. The van der Waals surface area contributed by atoms with Crippen molar-refractivity contribution in [1.29, 1.82) is 0 Å². The number of carbonyl (C=O) groups is 5. The Bertz CT molecular complexity index is 1040. The summed E-state index contributed by atoms with van der Waals surface area (Å²) in [4.78, 5) is 74.0. The summed E-state index contributed by atoms with van der Waals surface area (Å²) in [6.45, 7) is 1.16. The second-order valence-electron chi connectivity index (χ2n) is 7.95. The highest BCUT2D eigenvalue weighted by Crippen LogP contribution is 2.04. The molecule has 2 heterocycles. The zero-order valence-electron chi connectivity index (χ0n) is 19.2. The molecule has 0 spiro atoms. The number of nitrogens with two attached hydrogens (primary N) is 1. The Kier molecular flexibility index (Phi) is 10.1. The van der Waals surface area contributed by atoms with Crippen molar-refractivity contribution in [3.63, 3.8) is 0 Å². The summed E-state index contributed by atoms with van der Waals surface area (Å²) in [5.74, 6) is -5.73. The largest absolute Gasteiger partial charge is 0.481 e. The molecule has 0 fully saturated rings. The molecule has 0 aliphatic heterocycles. The van der Waals surface area contributed by atoms with Crippen molar-refractivity contribution < 1.29 is 39.3 Å². The minimum atomic E-state index is -1.67. The first-order chi connectivity index (χ1) is 17.0. The lowest BCUT2D eigenvalue weighted by molar-refractivity contribution is -0.145. The summed E-state index contributed by atoms with van der Waals surface area (Å²) in [7, 11) is 0. The van der Waals surface area contributed by atoms with E-state index < -0.39 is 66.4 Å². The molecule has 5 unspecified atom stereocenters. The first-order valence-corrected chi connectivity index (χ1v) is 10.7. The number of carbonyl (C=O) groups excluding carboxylic acids is 3. The molecule has 196 valence electrons. The van der Waals surface area contributed by atoms with Gasteiger partial charge >= 0.3 is 11.9 Å². The molecule has 10 N–H and O–H groups in total. The van der Waals surface area contributed by atoms with Gasteiger partial charge in [0.25, 0.3) is 0 Å². The van der Waals surface area contributed by atoms with Crippen LogP contribution in [0.25, 0.3) is 0 Å². The Balaban J connectivity index is 2.17. The molecular formula is C20H28N8O8. The summed E-state index contributed by atoms with van der Waals surface area (Å²) in [6.07, 6.45) is 3.09. The van der Waals surface area contributed by atoms with E-state index in [-0.39, 0.29) is 12.8 Å². The summed E-state index contributed by atoms with van der Waals surface area (Å²) < 4.78 is 0. The number of hydrogen-bond donors (Lipinski definition) is 9. The SMILES string of the molecule is CC(O)C(NC(=O)C(Cc1cnc[nH]1)NC(=O)C(CC(=O)O)NC(=O)C(N)Cc1cnc[nH]1)C(=O)O. The molecular weight excluding hydrogens is 480 g/mol. The predicted molar refractivity (Wildman–Crippen MR) is 120 cm³/mol. The van der Waals surface area contributed by atoms with Gasteiger partial charge in [-0.25, -0.2) is 14.8 Å². The number of imidazole rings is 2. The van der Waals surface area contributed by atoms with Crippen molar-refractivity contribution in [2.24, 2.45) is 5.73 Å². The van der Waals surface area contributed by atoms with Crippen LogP contribution < -0.4 is 21.7 Å². The fourth-order valence-electron chi connectivity index (χ4n) is 3.13. The van der Waals surface area contributed by atoms with Crippen LogP contribution in [-0.4, -0.2) is 95.2 Å². The highest BCUT2D eigenvalue weighted by atomic mass is 16.4. The Hall–Kier alpha value is -4.31. The van der Waals surface area contributed by atoms with Gasteiger partial charge in [-0.05, 0) is 6.92 Å². The molecule has 16 heteroatoms. The lowest BCUT2D eigenvalue weighted by atomic mass is 10.1. The molecule has 0 aliphatic carbocycles. The van der Waals surface area contributed by atoms with Crippen LogP contribution in [0, 0.1) is 0 Å². The number of aromatic nitrogens is 4. The number of aromatic amines is 2. The molecule has 3 amide bonds. The van der Waals surface area contributed by atoms with Gasteiger partial charge in [0.2, 0.25) is 17.7 Å². The van der Waals surface area contributed by atoms with Gasteiger partial charge in [0.15, 0.2) is 6.04 Å². The molecule has 16 nitrogen and oxygen atoms in total. The van der Waals surface area contributed by atoms with Crippen LogP contribution in [0.5, 0.6) is 0 Å². The maximum absolute atomic E-state index is 12.9. The predicted octanol–water partition coefficient (Wildman–Crippen LogP) is -3.36. The van der Waals surface area contributed by atoms with Gasteiger partial charge < -0.3 is 47.0 Å². The van der Waals surface area contributed by atoms with Gasteiger partial charge in [-0.3, -0.25) is 19.2 Å². The Labute approximate surface area is 204 Å². The molecule has 0 bridgehead atoms. The number of aliphatic hydroxyl groups excluding tert-OH is 1. The lowest BCUT2D eigenvalue weighted by Gasteiger charge is -2.25. The molecule has 0 radical (unpaired) electrons. The van der Waals surface area contributed by atoms with Crippen LogP contribution in [0.3, 0.4) is 0 Å². The van der Waals surface area contributed by atoms with E-state index in [1.807, 2.05) is 0 Å². The van der Waals surface area contributed by atoms with Crippen molar-refractivity contribution >= 4 is 29.7 Å². The van der Waals surface area contributed by atoms with E-state index in [9.17, 15) is 39.3 Å². The van der Waals surface area contributed by atoms with Gasteiger partial charge in [-0.2, -0.15) is 0 Å². The van der Waals surface area contributed by atoms with Crippen molar-refractivity contribution in [3.8, 4) is 0 Å². The minimum Gasteiger partial charge on any atom is -0.481 e. The standard InChI is InChI=1S/C20H28N8O8/c1-9(29)16(20(35)36)28-19(34)13(3-11-6-23-8-25-11)27-18(33)14(4-15(30)31)26-17(32)12(21)2-10-5-22-7-24-10/h5-9,12-14,16,29H,2-4,21H2,1H3,(H,22,24)(H,23,25)(H,26,32)(H,27,33)(H,28,34)(H,30,31)(H,35,36). The number of aliphatic carboxylic acids is 2. The van der Waals surface area contributed by atoms with Crippen LogP contribution in [-0.2, 0) is 36.8 Å². The van der Waals surface area contributed by atoms with Gasteiger partial charge in [-0.15, -0.1) is 0 Å². The Morgan fingerprint density at radius 1 is 0.889 bits per heavy atom. The quantitative estimate of drug-likeness (QED) is 0.122. The van der Waals surface area contributed by atoms with Crippen molar-refractivity contribution in [1.82, 2.24) is 35.9 Å². The number of rotatable bonds is 14. The zero-order chi connectivity index (χ0) is 26.8. The lowest BCUT2D eigenvalue weighted by Crippen LogP contribution is -2.59. The van der Waals surface area contributed by atoms with E-state index in [4.69, 9.17) is 5.73 Å². The first-order valence-electron chi connectivity index (χ1n) is 10.7. The number of H-pyrrole nitrogens is 2. The maximum Gasteiger partial charge on any atom is 0.328 e. The van der Waals surface area contributed by atoms with Gasteiger partial charge in [0.05, 0.1) is 31.2 Å². The summed E-state index contributed by atoms with van der Waals surface area (Å²) >= 11 is 0. The molecule has 0 saturated heterocycles. The van der Waals surface area contributed by atoms with E-state index in [0.29, 0.717) is 11.4 Å². The fraction of sp³-hybridized carbons (Fsp3) is 0.450. The topological polar surface area (TPSA) is 266 Å². The summed E-state index contributed by atoms with van der Waals surface area (Å²) in [5.41, 5.74) is 6.78. The minimum absolute atomic E-state index is 0.0357. The van der Waals surface area contributed by atoms with E-state index in [1.54, 1.807) is 0 Å². The Morgan fingerprint density at radius 3 is 1.89 bits per heavy atom. The first kappa shape index (κ1) is 27.9. The molecule has 36 heavy (non-hydrogen) atoms. The van der Waals surface area contributed by atoms with Crippen LogP contribution in [0.1, 0.15) is 24.7 Å². The summed E-state index contributed by atoms with van der Waals surface area (Å²) in [6, 6.07) is -5.83. The highest BCUT2D eigenvalue weighted by Gasteiger charge is 2.33. The number of carboxylic acids is 2. The average molecular weight is 508 g/mol. The third kappa shape index (κ3) is 8.48. The van der Waals surface area contributed by atoms with Crippen LogP contribution in [0.4, 0.5) is 0 Å². The molecule has 0 aromatic carbocycles. The number of hydrogen-bond acceptors (Lipinski definition) is 9. The highest BCUT2D eigenvalue weighted by molar-refractivity contribution is 5.95. The van der Waals surface area contributed by atoms with Gasteiger partial charge in [0, 0.05) is 36.6 Å². The monoisotopic (exact) mass is 508 g/mol. The van der Waals surface area contributed by atoms with E-state index in [2.05, 4.69) is 35.9 Å². The smallest absolute Gasteiger partial charge is 0.328 e. The van der Waals surface area contributed by atoms with E-state index >= 15 is 0 Å². The van der Waals surface area contributed by atoms with Crippen LogP contribution >= 0.6 is 0 Å². The molecule has 0 saturated carbocycles.